The van der Waals surface area contributed by atoms with Crippen molar-refractivity contribution in [3.8, 4) is 11.4 Å². The van der Waals surface area contributed by atoms with E-state index in [4.69, 9.17) is 4.98 Å². The summed E-state index contributed by atoms with van der Waals surface area (Å²) >= 11 is 0. The largest absolute Gasteiger partial charge is 0.331 e. The van der Waals surface area contributed by atoms with Crippen molar-refractivity contribution in [3.63, 3.8) is 0 Å². The number of fused-ring (bicyclic) bond motifs is 1. The molecule has 2 aromatic carbocycles. The summed E-state index contributed by atoms with van der Waals surface area (Å²) in [6, 6.07) is 10.9. The van der Waals surface area contributed by atoms with E-state index in [1.54, 1.807) is 0 Å². The molecule has 0 unspecified atom stereocenters. The lowest BCUT2D eigenvalue weighted by Gasteiger charge is -2.10. The van der Waals surface area contributed by atoms with Crippen LogP contribution in [0.1, 0.15) is 42.0 Å². The zero-order valence-electron chi connectivity index (χ0n) is 14.9. The predicted molar refractivity (Wildman–Crippen MR) is 96.7 cm³/mol. The van der Waals surface area contributed by atoms with Crippen LogP contribution in [-0.2, 0) is 7.05 Å². The standard InChI is InChI=1S/C21H25N2/c1-13(2)18-9-7-8-17-12-23(6)21(22-20(17)18)19-11-14(3)10-15(4)16(19)5/h7-13H,1-6H3/q+1. The lowest BCUT2D eigenvalue weighted by Crippen LogP contribution is -2.32. The topological polar surface area (TPSA) is 16.8 Å². The van der Waals surface area contributed by atoms with Crippen LogP contribution < -0.4 is 4.57 Å². The number of para-hydroxylation sites is 1. The molecule has 118 valence electrons. The highest BCUT2D eigenvalue weighted by molar-refractivity contribution is 5.82. The smallest absolute Gasteiger partial charge is 0.232 e. The van der Waals surface area contributed by atoms with Crippen LogP contribution in [0.2, 0.25) is 0 Å². The van der Waals surface area contributed by atoms with Crippen molar-refractivity contribution in [2.24, 2.45) is 7.05 Å². The second-order valence-electron chi connectivity index (χ2n) is 6.87. The molecule has 3 rings (SSSR count). The van der Waals surface area contributed by atoms with Gasteiger partial charge in [-0.15, -0.1) is 0 Å². The van der Waals surface area contributed by atoms with Crippen LogP contribution in [0.25, 0.3) is 22.3 Å². The van der Waals surface area contributed by atoms with Gasteiger partial charge in [0, 0.05) is 5.56 Å². The van der Waals surface area contributed by atoms with Crippen LogP contribution in [0.5, 0.6) is 0 Å². The Bertz CT molecular complexity index is 892. The first-order valence-electron chi connectivity index (χ1n) is 8.26. The molecule has 1 heterocycles. The van der Waals surface area contributed by atoms with Gasteiger partial charge >= 0.3 is 5.82 Å². The van der Waals surface area contributed by atoms with Crippen LogP contribution in [0.15, 0.2) is 36.5 Å². The fraction of sp³-hybridized carbons (Fsp3) is 0.333. The average Bonchev–Trinajstić information content (AvgIpc) is 2.49. The molecule has 1 aromatic heterocycles. The summed E-state index contributed by atoms with van der Waals surface area (Å²) in [6.07, 6.45) is 2.20. The van der Waals surface area contributed by atoms with Gasteiger partial charge in [0.25, 0.3) is 0 Å². The van der Waals surface area contributed by atoms with E-state index in [1.165, 1.54) is 33.2 Å². The van der Waals surface area contributed by atoms with Gasteiger partial charge < -0.3 is 0 Å². The molecule has 0 fully saturated rings. The SMILES string of the molecule is Cc1cc(C)c(C)c(-c2nc3c(C(C)C)cccc3c[n+]2C)c1. The molecule has 0 saturated carbocycles. The molecule has 0 spiro atoms. The van der Waals surface area contributed by atoms with Gasteiger partial charge in [-0.3, -0.25) is 0 Å². The van der Waals surface area contributed by atoms with Gasteiger partial charge in [-0.25, -0.2) is 4.57 Å². The quantitative estimate of drug-likeness (QED) is 0.623. The molecule has 0 aliphatic heterocycles. The normalized spacial score (nSPS) is 11.4. The van der Waals surface area contributed by atoms with Crippen LogP contribution in [-0.4, -0.2) is 4.98 Å². The highest BCUT2D eigenvalue weighted by Gasteiger charge is 2.21. The van der Waals surface area contributed by atoms with E-state index in [9.17, 15) is 0 Å². The van der Waals surface area contributed by atoms with Crippen LogP contribution in [0.4, 0.5) is 0 Å². The summed E-state index contributed by atoms with van der Waals surface area (Å²) in [6.45, 7) is 11.0. The van der Waals surface area contributed by atoms with Crippen molar-refractivity contribution >= 4 is 10.9 Å². The Morgan fingerprint density at radius 2 is 1.78 bits per heavy atom. The van der Waals surface area contributed by atoms with Gasteiger partial charge in [-0.1, -0.05) is 32.0 Å². The molecule has 2 nitrogen and oxygen atoms in total. The maximum atomic E-state index is 5.07. The highest BCUT2D eigenvalue weighted by atomic mass is 15.0. The molecule has 0 radical (unpaired) electrons. The number of benzene rings is 2. The van der Waals surface area contributed by atoms with Crippen LogP contribution >= 0.6 is 0 Å². The molecule has 0 amide bonds. The van der Waals surface area contributed by atoms with E-state index in [-0.39, 0.29) is 0 Å². The van der Waals surface area contributed by atoms with Crippen molar-refractivity contribution < 1.29 is 4.57 Å². The van der Waals surface area contributed by atoms with E-state index in [2.05, 4.69) is 82.8 Å². The van der Waals surface area contributed by atoms with Gasteiger partial charge in [0.05, 0.1) is 18.0 Å². The molecule has 0 N–H and O–H groups in total. The Morgan fingerprint density at radius 3 is 2.48 bits per heavy atom. The first-order chi connectivity index (χ1) is 10.9. The molecule has 0 aliphatic carbocycles. The van der Waals surface area contributed by atoms with E-state index < -0.39 is 0 Å². The maximum absolute atomic E-state index is 5.07. The summed E-state index contributed by atoms with van der Waals surface area (Å²) in [5.41, 5.74) is 7.56. The van der Waals surface area contributed by atoms with Gasteiger partial charge in [0.15, 0.2) is 5.52 Å². The molecule has 2 heteroatoms. The number of hydrogen-bond donors (Lipinski definition) is 0. The van der Waals surface area contributed by atoms with Gasteiger partial charge in [-0.2, -0.15) is 0 Å². The van der Waals surface area contributed by atoms with Crippen molar-refractivity contribution in [1.29, 1.82) is 0 Å². The zero-order valence-corrected chi connectivity index (χ0v) is 14.9. The van der Waals surface area contributed by atoms with Gasteiger partial charge in [0.2, 0.25) is 0 Å². The van der Waals surface area contributed by atoms with Crippen molar-refractivity contribution in [2.75, 3.05) is 0 Å². The zero-order chi connectivity index (χ0) is 16.7. The third kappa shape index (κ3) is 2.74. The monoisotopic (exact) mass is 305 g/mol. The molecule has 0 bridgehead atoms. The Balaban J connectivity index is 2.35. The number of aryl methyl sites for hydroxylation is 3. The molecular weight excluding hydrogens is 280 g/mol. The van der Waals surface area contributed by atoms with E-state index in [0.29, 0.717) is 5.92 Å². The summed E-state index contributed by atoms with van der Waals surface area (Å²) in [5.74, 6) is 1.50. The summed E-state index contributed by atoms with van der Waals surface area (Å²) < 4.78 is 2.15. The highest BCUT2D eigenvalue weighted by Crippen LogP contribution is 2.27. The Kier molecular flexibility index (Phi) is 3.93. The number of nitrogens with zero attached hydrogens (tertiary/aromatic N) is 2. The van der Waals surface area contributed by atoms with E-state index in [1.807, 2.05) is 0 Å². The summed E-state index contributed by atoms with van der Waals surface area (Å²) in [5, 5.41) is 1.20. The third-order valence-electron chi connectivity index (χ3n) is 4.66. The molecule has 3 aromatic rings. The fourth-order valence-electron chi connectivity index (χ4n) is 3.26. The van der Waals surface area contributed by atoms with Gasteiger partial charge in [0.1, 0.15) is 6.20 Å². The lowest BCUT2D eigenvalue weighted by atomic mass is 9.98. The molecule has 23 heavy (non-hydrogen) atoms. The second kappa shape index (κ2) is 5.77. The van der Waals surface area contributed by atoms with Crippen molar-refractivity contribution in [3.05, 3.63) is 58.8 Å². The summed E-state index contributed by atoms with van der Waals surface area (Å²) in [4.78, 5) is 5.07. The van der Waals surface area contributed by atoms with E-state index >= 15 is 0 Å². The molecule has 0 saturated heterocycles. The molecule has 0 atom stereocenters. The lowest BCUT2D eigenvalue weighted by molar-refractivity contribution is -0.661. The Labute approximate surface area is 138 Å². The van der Waals surface area contributed by atoms with Crippen LogP contribution in [0, 0.1) is 20.8 Å². The number of rotatable bonds is 2. The average molecular weight is 305 g/mol. The Hall–Kier alpha value is -2.22. The minimum absolute atomic E-state index is 0.465. The second-order valence-corrected chi connectivity index (χ2v) is 6.87. The number of aromatic nitrogens is 2. The minimum Gasteiger partial charge on any atom is -0.232 e. The van der Waals surface area contributed by atoms with Crippen molar-refractivity contribution in [2.45, 2.75) is 40.5 Å². The molecular formula is C21H25N2+. The minimum atomic E-state index is 0.465. The third-order valence-corrected chi connectivity index (χ3v) is 4.66. The Morgan fingerprint density at radius 1 is 1.04 bits per heavy atom. The fourth-order valence-corrected chi connectivity index (χ4v) is 3.26. The van der Waals surface area contributed by atoms with Crippen molar-refractivity contribution in [1.82, 2.24) is 4.98 Å². The molecule has 0 aliphatic rings. The predicted octanol–water partition coefficient (Wildman–Crippen LogP) is 4.77. The number of hydrogen-bond acceptors (Lipinski definition) is 1. The van der Waals surface area contributed by atoms with E-state index in [0.717, 1.165) is 11.3 Å². The summed E-state index contributed by atoms with van der Waals surface area (Å²) in [7, 11) is 2.08. The maximum Gasteiger partial charge on any atom is 0.331 e. The first-order valence-corrected chi connectivity index (χ1v) is 8.26. The first kappa shape index (κ1) is 15.7. The van der Waals surface area contributed by atoms with Gasteiger partial charge in [-0.05, 0) is 60.5 Å². The van der Waals surface area contributed by atoms with Crippen LogP contribution in [0.3, 0.4) is 0 Å².